The Balaban J connectivity index is 1.92. The second-order valence-electron chi connectivity index (χ2n) is 6.58. The molecular formula is C20H21ClN2O2S2. The van der Waals surface area contributed by atoms with E-state index in [1.54, 1.807) is 0 Å². The van der Waals surface area contributed by atoms with Crippen LogP contribution in [0, 0.1) is 6.92 Å². The van der Waals surface area contributed by atoms with E-state index in [2.05, 4.69) is 11.9 Å². The van der Waals surface area contributed by atoms with E-state index in [1.807, 2.05) is 43.3 Å². The van der Waals surface area contributed by atoms with Crippen LogP contribution in [0.15, 0.2) is 36.4 Å². The van der Waals surface area contributed by atoms with Gasteiger partial charge in [-0.05, 0) is 42.2 Å². The Labute approximate surface area is 169 Å². The largest absolute Gasteiger partial charge is 0.232 e. The number of nitrogens with zero attached hydrogens (tertiary/aromatic N) is 2. The number of hydrogen-bond donors (Lipinski definition) is 0. The number of halogens is 1. The van der Waals surface area contributed by atoms with Gasteiger partial charge < -0.3 is 0 Å². The Morgan fingerprint density at radius 2 is 1.70 bits per heavy atom. The number of aryl methyl sites for hydroxylation is 1. The van der Waals surface area contributed by atoms with E-state index < -0.39 is 9.84 Å². The van der Waals surface area contributed by atoms with Crippen LogP contribution in [0.5, 0.6) is 0 Å². The SMILES string of the molecule is CCc1c(C)nc(-c2ccc(Cl)s2)nc1Cc1ccc(CS(C)(=O)=O)cc1. The maximum Gasteiger partial charge on any atom is 0.169 e. The van der Waals surface area contributed by atoms with Gasteiger partial charge in [0, 0.05) is 18.4 Å². The van der Waals surface area contributed by atoms with Gasteiger partial charge in [-0.15, -0.1) is 11.3 Å². The predicted octanol–water partition coefficient (Wildman–Crippen LogP) is 4.86. The molecule has 0 aliphatic heterocycles. The highest BCUT2D eigenvalue weighted by atomic mass is 35.5. The number of hydrogen-bond acceptors (Lipinski definition) is 5. The Morgan fingerprint density at radius 3 is 2.26 bits per heavy atom. The molecule has 2 aromatic heterocycles. The summed E-state index contributed by atoms with van der Waals surface area (Å²) >= 11 is 7.53. The third-order valence-corrected chi connectivity index (χ3v) is 6.35. The second-order valence-corrected chi connectivity index (χ2v) is 10.4. The van der Waals surface area contributed by atoms with Crippen molar-refractivity contribution in [1.82, 2.24) is 9.97 Å². The monoisotopic (exact) mass is 420 g/mol. The molecule has 0 amide bonds. The molecular weight excluding hydrogens is 400 g/mol. The van der Waals surface area contributed by atoms with Crippen molar-refractivity contribution in [2.75, 3.05) is 6.26 Å². The number of aromatic nitrogens is 2. The Hall–Kier alpha value is -1.76. The van der Waals surface area contributed by atoms with Crippen LogP contribution in [0.25, 0.3) is 10.7 Å². The molecule has 0 unspecified atom stereocenters. The summed E-state index contributed by atoms with van der Waals surface area (Å²) < 4.78 is 23.6. The Bertz CT molecular complexity index is 1060. The van der Waals surface area contributed by atoms with E-state index in [4.69, 9.17) is 16.6 Å². The summed E-state index contributed by atoms with van der Waals surface area (Å²) in [7, 11) is -3.03. The molecule has 4 nitrogen and oxygen atoms in total. The lowest BCUT2D eigenvalue weighted by molar-refractivity contribution is 0.601. The third kappa shape index (κ3) is 5.15. The number of thiophene rings is 1. The summed E-state index contributed by atoms with van der Waals surface area (Å²) in [4.78, 5) is 10.4. The second kappa shape index (κ2) is 8.09. The fourth-order valence-electron chi connectivity index (χ4n) is 3.06. The molecule has 3 rings (SSSR count). The van der Waals surface area contributed by atoms with E-state index in [0.29, 0.717) is 16.6 Å². The lowest BCUT2D eigenvalue weighted by Crippen LogP contribution is -2.06. The van der Waals surface area contributed by atoms with Gasteiger partial charge in [0.1, 0.15) is 0 Å². The highest BCUT2D eigenvalue weighted by Gasteiger charge is 2.14. The molecule has 0 fully saturated rings. The molecule has 0 N–H and O–H groups in total. The summed E-state index contributed by atoms with van der Waals surface area (Å²) in [6.45, 7) is 4.12. The van der Waals surface area contributed by atoms with E-state index in [9.17, 15) is 8.42 Å². The van der Waals surface area contributed by atoms with Crippen molar-refractivity contribution < 1.29 is 8.42 Å². The molecule has 7 heteroatoms. The number of rotatable bonds is 6. The van der Waals surface area contributed by atoms with Crippen molar-refractivity contribution in [3.8, 4) is 10.7 Å². The van der Waals surface area contributed by atoms with Crippen LogP contribution in [-0.4, -0.2) is 24.6 Å². The van der Waals surface area contributed by atoms with Gasteiger partial charge in [-0.25, -0.2) is 18.4 Å². The van der Waals surface area contributed by atoms with Crippen LogP contribution >= 0.6 is 22.9 Å². The molecule has 27 heavy (non-hydrogen) atoms. The van der Waals surface area contributed by atoms with Gasteiger partial charge in [0.15, 0.2) is 15.7 Å². The smallest absolute Gasteiger partial charge is 0.169 e. The average molecular weight is 421 g/mol. The Kier molecular flexibility index (Phi) is 5.99. The number of benzene rings is 1. The van der Waals surface area contributed by atoms with Gasteiger partial charge in [0.25, 0.3) is 0 Å². The van der Waals surface area contributed by atoms with Gasteiger partial charge in [0.05, 0.1) is 20.7 Å². The van der Waals surface area contributed by atoms with Crippen molar-refractivity contribution >= 4 is 32.8 Å². The van der Waals surface area contributed by atoms with Gasteiger partial charge in [0.2, 0.25) is 0 Å². The minimum atomic E-state index is -3.03. The third-order valence-electron chi connectivity index (χ3n) is 4.27. The van der Waals surface area contributed by atoms with Crippen molar-refractivity contribution in [2.45, 2.75) is 32.4 Å². The molecule has 0 saturated heterocycles. The van der Waals surface area contributed by atoms with Crippen LogP contribution in [0.1, 0.15) is 35.0 Å². The summed E-state index contributed by atoms with van der Waals surface area (Å²) in [5.74, 6) is 0.758. The molecule has 0 spiro atoms. The normalized spacial score (nSPS) is 11.7. The van der Waals surface area contributed by atoms with Gasteiger partial charge in [-0.2, -0.15) is 0 Å². The zero-order chi connectivity index (χ0) is 19.6. The van der Waals surface area contributed by atoms with Gasteiger partial charge >= 0.3 is 0 Å². The fraction of sp³-hybridized carbons (Fsp3) is 0.300. The molecule has 1 aromatic carbocycles. The average Bonchev–Trinajstić information content (AvgIpc) is 3.01. The summed E-state index contributed by atoms with van der Waals surface area (Å²) in [6, 6.07) is 11.5. The molecule has 3 aromatic rings. The summed E-state index contributed by atoms with van der Waals surface area (Å²) in [5, 5.41) is 0. The van der Waals surface area contributed by atoms with E-state index in [0.717, 1.165) is 39.4 Å². The minimum absolute atomic E-state index is 0.0589. The van der Waals surface area contributed by atoms with Crippen molar-refractivity contribution in [2.24, 2.45) is 0 Å². The zero-order valence-corrected chi connectivity index (χ0v) is 17.9. The van der Waals surface area contributed by atoms with Gasteiger partial charge in [-0.1, -0.05) is 42.8 Å². The van der Waals surface area contributed by atoms with E-state index >= 15 is 0 Å². The van der Waals surface area contributed by atoms with Crippen LogP contribution in [-0.2, 0) is 28.4 Å². The van der Waals surface area contributed by atoms with Crippen molar-refractivity contribution in [1.29, 1.82) is 0 Å². The van der Waals surface area contributed by atoms with E-state index in [-0.39, 0.29) is 5.75 Å². The van der Waals surface area contributed by atoms with Gasteiger partial charge in [-0.3, -0.25) is 0 Å². The first kappa shape index (κ1) is 20.0. The highest BCUT2D eigenvalue weighted by Crippen LogP contribution is 2.30. The van der Waals surface area contributed by atoms with Crippen LogP contribution in [0.4, 0.5) is 0 Å². The van der Waals surface area contributed by atoms with Crippen LogP contribution in [0.2, 0.25) is 4.34 Å². The first-order chi connectivity index (χ1) is 12.7. The lowest BCUT2D eigenvalue weighted by Gasteiger charge is -2.12. The molecule has 0 saturated carbocycles. The predicted molar refractivity (Wildman–Crippen MR) is 112 cm³/mol. The quantitative estimate of drug-likeness (QED) is 0.571. The molecule has 0 atom stereocenters. The Morgan fingerprint density at radius 1 is 1.04 bits per heavy atom. The first-order valence-electron chi connectivity index (χ1n) is 8.63. The van der Waals surface area contributed by atoms with Crippen LogP contribution < -0.4 is 0 Å². The molecule has 2 heterocycles. The topological polar surface area (TPSA) is 59.9 Å². The maximum absolute atomic E-state index is 11.4. The first-order valence-corrected chi connectivity index (χ1v) is 11.9. The molecule has 0 bridgehead atoms. The molecule has 0 radical (unpaired) electrons. The highest BCUT2D eigenvalue weighted by molar-refractivity contribution is 7.89. The zero-order valence-electron chi connectivity index (χ0n) is 15.5. The lowest BCUT2D eigenvalue weighted by atomic mass is 10.0. The summed E-state index contributed by atoms with van der Waals surface area (Å²) in [5.41, 5.74) is 5.03. The standard InChI is InChI=1S/C20H21ClN2O2S2/c1-4-16-13(2)22-20(18-9-10-19(21)26-18)23-17(16)11-14-5-7-15(8-6-14)12-27(3,24)25/h5-10H,4,11-12H2,1-3H3. The molecule has 0 aliphatic carbocycles. The van der Waals surface area contributed by atoms with Crippen LogP contribution in [0.3, 0.4) is 0 Å². The van der Waals surface area contributed by atoms with Crippen molar-refractivity contribution in [3.05, 3.63) is 68.8 Å². The molecule has 142 valence electrons. The van der Waals surface area contributed by atoms with Crippen molar-refractivity contribution in [3.63, 3.8) is 0 Å². The minimum Gasteiger partial charge on any atom is -0.232 e. The summed E-state index contributed by atoms with van der Waals surface area (Å²) in [6.07, 6.45) is 2.78. The molecule has 0 aliphatic rings. The number of sulfone groups is 1. The van der Waals surface area contributed by atoms with E-state index in [1.165, 1.54) is 17.6 Å². The fourth-order valence-corrected chi connectivity index (χ4v) is 4.83. The maximum atomic E-state index is 11.4.